The number of hydrogen-bond donors (Lipinski definition) is 2. The van der Waals surface area contributed by atoms with Crippen molar-refractivity contribution in [1.82, 2.24) is 29.8 Å². The van der Waals surface area contributed by atoms with Crippen molar-refractivity contribution in [2.45, 2.75) is 44.8 Å². The van der Waals surface area contributed by atoms with Crippen LogP contribution < -0.4 is 20.9 Å². The van der Waals surface area contributed by atoms with Crippen LogP contribution in [0.1, 0.15) is 44.5 Å². The number of urea groups is 1. The van der Waals surface area contributed by atoms with Gasteiger partial charge in [0.1, 0.15) is 6.33 Å². The second kappa shape index (κ2) is 10.6. The number of carbonyl (C=O) groups is 1. The number of anilines is 1. The van der Waals surface area contributed by atoms with Crippen molar-refractivity contribution >= 4 is 55.9 Å². The molecule has 0 aliphatic heterocycles. The van der Waals surface area contributed by atoms with Gasteiger partial charge in [0, 0.05) is 11.7 Å². The van der Waals surface area contributed by atoms with E-state index >= 15 is 0 Å². The van der Waals surface area contributed by atoms with E-state index in [2.05, 4.69) is 25.6 Å². The molecule has 12 heteroatoms. The molecule has 2 amide bonds. The molecule has 1 fully saturated rings. The Labute approximate surface area is 232 Å². The molecule has 1 aliphatic carbocycles. The van der Waals surface area contributed by atoms with Gasteiger partial charge in [-0.15, -0.1) is 11.3 Å². The van der Waals surface area contributed by atoms with Crippen molar-refractivity contribution in [1.29, 1.82) is 0 Å². The number of fused-ring (bicyclic) bond motifs is 2. The minimum atomic E-state index is -0.705. The summed E-state index contributed by atoms with van der Waals surface area (Å²) in [5, 5.41) is 6.48. The van der Waals surface area contributed by atoms with Gasteiger partial charge in [0.2, 0.25) is 5.88 Å². The molecule has 0 bridgehead atoms. The van der Waals surface area contributed by atoms with Crippen LogP contribution in [0.25, 0.3) is 26.9 Å². The van der Waals surface area contributed by atoms with E-state index < -0.39 is 6.10 Å². The molecule has 6 rings (SSSR count). The number of amides is 2. The number of nitrogens with zero attached hydrogens (tertiary/aromatic N) is 5. The summed E-state index contributed by atoms with van der Waals surface area (Å²) in [5.74, 6) is 0.629. The molecule has 10 nitrogen and oxygen atoms in total. The first-order valence-electron chi connectivity index (χ1n) is 12.6. The predicted molar refractivity (Wildman–Crippen MR) is 151 cm³/mol. The van der Waals surface area contributed by atoms with Gasteiger partial charge in [-0.1, -0.05) is 36.6 Å². The Bertz CT molecular complexity index is 1750. The van der Waals surface area contributed by atoms with Crippen LogP contribution in [0.4, 0.5) is 10.5 Å². The van der Waals surface area contributed by atoms with Gasteiger partial charge in [0.15, 0.2) is 22.3 Å². The number of benzene rings is 2. The molecule has 2 N–H and O–H groups in total. The molecule has 0 saturated heterocycles. The number of aromatic nitrogens is 5. The van der Waals surface area contributed by atoms with E-state index in [0.29, 0.717) is 44.0 Å². The van der Waals surface area contributed by atoms with Gasteiger partial charge in [0.25, 0.3) is 5.56 Å². The lowest BCUT2D eigenvalue weighted by atomic mass is 10.2. The smallest absolute Gasteiger partial charge is 0.319 e. The number of carbonyl (C=O) groups excluding carboxylic acids is 1. The first-order valence-corrected chi connectivity index (χ1v) is 13.8. The van der Waals surface area contributed by atoms with Gasteiger partial charge in [0.05, 0.1) is 27.1 Å². The number of hydrogen-bond acceptors (Lipinski definition) is 8. The van der Waals surface area contributed by atoms with Crippen LogP contribution in [0, 0.1) is 0 Å². The van der Waals surface area contributed by atoms with Crippen molar-refractivity contribution in [2.24, 2.45) is 0 Å². The largest absolute Gasteiger partial charge is 0.465 e. The molecule has 0 radical (unpaired) electrons. The highest BCUT2D eigenvalue weighted by Crippen LogP contribution is 2.29. The third kappa shape index (κ3) is 5.02. The van der Waals surface area contributed by atoms with E-state index in [9.17, 15) is 9.59 Å². The number of nitrogens with one attached hydrogen (secondary N) is 2. The van der Waals surface area contributed by atoms with E-state index in [1.54, 1.807) is 54.9 Å². The summed E-state index contributed by atoms with van der Waals surface area (Å²) in [4.78, 5) is 44.8. The maximum Gasteiger partial charge on any atom is 0.319 e. The average Bonchev–Trinajstić information content (AvgIpc) is 3.61. The highest BCUT2D eigenvalue weighted by atomic mass is 35.5. The summed E-state index contributed by atoms with van der Waals surface area (Å²) in [6, 6.07) is 12.1. The zero-order valence-corrected chi connectivity index (χ0v) is 22.5. The van der Waals surface area contributed by atoms with E-state index in [0.717, 1.165) is 25.7 Å². The first-order chi connectivity index (χ1) is 19.0. The van der Waals surface area contributed by atoms with Crippen LogP contribution in [0.15, 0.2) is 59.1 Å². The van der Waals surface area contributed by atoms with Gasteiger partial charge in [-0.3, -0.25) is 9.36 Å². The highest BCUT2D eigenvalue weighted by Gasteiger charge is 2.23. The summed E-state index contributed by atoms with van der Waals surface area (Å²) >= 11 is 7.82. The minimum absolute atomic E-state index is 0.179. The molecule has 3 aromatic heterocycles. The first kappa shape index (κ1) is 25.2. The molecule has 1 unspecified atom stereocenters. The summed E-state index contributed by atoms with van der Waals surface area (Å²) in [5.41, 5.74) is 3.33. The molecule has 1 saturated carbocycles. The highest BCUT2D eigenvalue weighted by molar-refractivity contribution is 7.16. The molecular formula is C27H24ClN7O3S. The lowest BCUT2D eigenvalue weighted by Gasteiger charge is -2.20. The lowest BCUT2D eigenvalue weighted by Crippen LogP contribution is -2.36. The zero-order valence-electron chi connectivity index (χ0n) is 20.9. The number of ether oxygens (including phenoxy) is 1. The van der Waals surface area contributed by atoms with Crippen molar-refractivity contribution < 1.29 is 9.53 Å². The van der Waals surface area contributed by atoms with E-state index in [1.807, 2.05) is 0 Å². The molecular weight excluding hydrogens is 538 g/mol. The number of thiazole rings is 1. The topological polar surface area (TPSA) is 124 Å². The number of halogens is 1. The Hall–Kier alpha value is -4.09. The Morgan fingerprint density at radius 3 is 2.82 bits per heavy atom. The van der Waals surface area contributed by atoms with Crippen LogP contribution in [0.5, 0.6) is 5.88 Å². The molecule has 39 heavy (non-hydrogen) atoms. The van der Waals surface area contributed by atoms with Crippen LogP contribution >= 0.6 is 22.9 Å². The third-order valence-electron chi connectivity index (χ3n) is 6.68. The quantitative estimate of drug-likeness (QED) is 0.275. The SMILES string of the molecule is CC(Oc1ncnc2scnc12)c1nc2cccc(Cl)c2c(=O)n1-c1cccc(NC(=O)NC2CCCC2)c1. The van der Waals surface area contributed by atoms with E-state index in [-0.39, 0.29) is 23.0 Å². The van der Waals surface area contributed by atoms with Crippen molar-refractivity contribution in [3.05, 3.63) is 75.5 Å². The number of rotatable bonds is 6. The second-order valence-electron chi connectivity index (χ2n) is 9.32. The van der Waals surface area contributed by atoms with Crippen LogP contribution in [0.3, 0.4) is 0 Å². The Kier molecular flexibility index (Phi) is 6.84. The molecule has 5 aromatic rings. The fraction of sp³-hybridized carbons (Fsp3) is 0.259. The molecule has 0 spiro atoms. The van der Waals surface area contributed by atoms with Crippen molar-refractivity contribution in [3.63, 3.8) is 0 Å². The van der Waals surface area contributed by atoms with Gasteiger partial charge in [-0.2, -0.15) is 4.98 Å². The third-order valence-corrected chi connectivity index (χ3v) is 7.73. The molecule has 198 valence electrons. The fourth-order valence-corrected chi connectivity index (χ4v) is 5.72. The molecule has 1 aliphatic rings. The van der Waals surface area contributed by atoms with Crippen LogP contribution in [-0.4, -0.2) is 36.6 Å². The maximum atomic E-state index is 13.9. The normalized spacial score (nSPS) is 14.5. The lowest BCUT2D eigenvalue weighted by molar-refractivity contribution is 0.207. The summed E-state index contributed by atoms with van der Waals surface area (Å²) in [6.07, 6.45) is 4.90. The van der Waals surface area contributed by atoms with Gasteiger partial charge in [-0.25, -0.2) is 19.7 Å². The second-order valence-corrected chi connectivity index (χ2v) is 10.6. The summed E-state index contributed by atoms with van der Waals surface area (Å²) in [7, 11) is 0. The Morgan fingerprint density at radius 1 is 1.15 bits per heavy atom. The van der Waals surface area contributed by atoms with Crippen molar-refractivity contribution in [2.75, 3.05) is 5.32 Å². The molecule has 1 atom stereocenters. The minimum Gasteiger partial charge on any atom is -0.465 e. The average molecular weight is 562 g/mol. The Balaban J connectivity index is 1.41. The molecule has 3 heterocycles. The zero-order chi connectivity index (χ0) is 26.9. The van der Waals surface area contributed by atoms with Crippen LogP contribution in [0.2, 0.25) is 5.02 Å². The van der Waals surface area contributed by atoms with Gasteiger partial charge < -0.3 is 15.4 Å². The van der Waals surface area contributed by atoms with E-state index in [1.165, 1.54) is 22.2 Å². The summed E-state index contributed by atoms with van der Waals surface area (Å²) in [6.45, 7) is 1.78. The predicted octanol–water partition coefficient (Wildman–Crippen LogP) is 5.64. The van der Waals surface area contributed by atoms with Gasteiger partial charge >= 0.3 is 6.03 Å². The van der Waals surface area contributed by atoms with Crippen LogP contribution in [-0.2, 0) is 0 Å². The maximum absolute atomic E-state index is 13.9. The van der Waals surface area contributed by atoms with Gasteiger partial charge in [-0.05, 0) is 50.1 Å². The van der Waals surface area contributed by atoms with Crippen molar-refractivity contribution in [3.8, 4) is 11.6 Å². The van der Waals surface area contributed by atoms with E-state index in [4.69, 9.17) is 21.3 Å². The molecule has 2 aromatic carbocycles. The fourth-order valence-electron chi connectivity index (χ4n) is 4.85. The Morgan fingerprint density at radius 2 is 1.97 bits per heavy atom. The monoisotopic (exact) mass is 561 g/mol. The standard InChI is InChI=1S/C27H24ClN7O3S/c1-15(38-24-22-25(30-13-29-24)39-14-31-22)23-34-20-11-5-10-19(28)21(20)26(36)35(23)18-9-4-8-17(12-18)33-27(37)32-16-6-2-3-7-16/h4-5,8-16H,2-3,6-7H2,1H3,(H2,32,33,37). The summed E-state index contributed by atoms with van der Waals surface area (Å²) < 4.78 is 7.65.